The molecule has 0 unspecified atom stereocenters. The Labute approximate surface area is 234 Å². The second kappa shape index (κ2) is 14.1. The molecule has 0 aliphatic carbocycles. The number of carbonyl (C=O) groups excluding carboxylic acids is 2. The maximum atomic E-state index is 14.4. The van der Waals surface area contributed by atoms with Gasteiger partial charge in [0.05, 0.1) is 11.9 Å². The van der Waals surface area contributed by atoms with Crippen molar-refractivity contribution in [3.05, 3.63) is 101 Å². The number of benzene rings is 3. The normalized spacial score (nSPS) is 12.0. The van der Waals surface area contributed by atoms with Crippen molar-refractivity contribution in [1.29, 1.82) is 0 Å². The first-order chi connectivity index (χ1) is 18.6. The minimum absolute atomic E-state index is 0.0599. The van der Waals surface area contributed by atoms with Crippen LogP contribution in [0.2, 0.25) is 5.02 Å². The van der Waals surface area contributed by atoms with E-state index < -0.39 is 21.9 Å². The maximum absolute atomic E-state index is 14.4. The molecule has 0 saturated heterocycles. The summed E-state index contributed by atoms with van der Waals surface area (Å²) in [7, 11) is -3.80. The van der Waals surface area contributed by atoms with Gasteiger partial charge in [-0.1, -0.05) is 72.3 Å². The first kappa shape index (κ1) is 30.1. The van der Waals surface area contributed by atoms with Gasteiger partial charge < -0.3 is 10.2 Å². The van der Waals surface area contributed by atoms with Gasteiger partial charge in [-0.15, -0.1) is 0 Å². The molecule has 0 aromatic heterocycles. The van der Waals surface area contributed by atoms with Gasteiger partial charge in [0.1, 0.15) is 11.9 Å². The quantitative estimate of drug-likeness (QED) is 0.318. The number of para-hydroxylation sites is 1. The minimum Gasteiger partial charge on any atom is -0.355 e. The highest BCUT2D eigenvalue weighted by atomic mass is 35.5. The summed E-state index contributed by atoms with van der Waals surface area (Å²) in [5, 5.41) is 3.29. The molecule has 1 N–H and O–H groups in total. The van der Waals surface area contributed by atoms with E-state index in [9.17, 15) is 22.4 Å². The Hall–Kier alpha value is -3.43. The van der Waals surface area contributed by atoms with Gasteiger partial charge in [0.15, 0.2) is 0 Å². The second-order valence-electron chi connectivity index (χ2n) is 9.10. The fourth-order valence-electron chi connectivity index (χ4n) is 4.29. The molecule has 208 valence electrons. The largest absolute Gasteiger partial charge is 0.355 e. The lowest BCUT2D eigenvalue weighted by Gasteiger charge is -2.32. The van der Waals surface area contributed by atoms with Crippen molar-refractivity contribution in [3.63, 3.8) is 0 Å². The van der Waals surface area contributed by atoms with Crippen molar-refractivity contribution < 1.29 is 22.4 Å². The van der Waals surface area contributed by atoms with Crippen molar-refractivity contribution in [2.75, 3.05) is 23.7 Å². The van der Waals surface area contributed by atoms with Gasteiger partial charge in [-0.25, -0.2) is 12.8 Å². The van der Waals surface area contributed by atoms with E-state index in [-0.39, 0.29) is 49.9 Å². The third-order valence-corrected chi connectivity index (χ3v) is 7.74. The van der Waals surface area contributed by atoms with Crippen LogP contribution in [0.4, 0.5) is 10.1 Å². The molecule has 0 aliphatic heterocycles. The Morgan fingerprint density at radius 3 is 2.26 bits per heavy atom. The van der Waals surface area contributed by atoms with E-state index in [1.165, 1.54) is 23.1 Å². The van der Waals surface area contributed by atoms with Gasteiger partial charge in [0.25, 0.3) is 0 Å². The smallest absolute Gasteiger partial charge is 0.243 e. The number of nitrogens with one attached hydrogen (secondary N) is 1. The standard InChI is InChI=1S/C29H33ClFN3O4S/c1-3-32-29(36)27(20-22-12-5-4-6-13-22)33(21-23-14-7-8-15-24(23)30)28(35)18-11-19-34(39(2,37)38)26-17-10-9-16-25(26)31/h4-10,12-17,27H,3,11,18-21H2,1-2H3,(H,32,36)/t27-/m0/s1. The van der Waals surface area contributed by atoms with Crippen molar-refractivity contribution in [2.45, 2.75) is 38.8 Å². The molecule has 7 nitrogen and oxygen atoms in total. The summed E-state index contributed by atoms with van der Waals surface area (Å²) < 4.78 is 40.2. The lowest BCUT2D eigenvalue weighted by Crippen LogP contribution is -2.50. The number of hydrogen-bond donors (Lipinski definition) is 1. The monoisotopic (exact) mass is 573 g/mol. The molecule has 0 saturated carbocycles. The number of carbonyl (C=O) groups is 2. The third kappa shape index (κ3) is 8.53. The predicted octanol–water partition coefficient (Wildman–Crippen LogP) is 4.80. The number of hydrogen-bond acceptors (Lipinski definition) is 4. The van der Waals surface area contributed by atoms with Crippen LogP contribution in [0.25, 0.3) is 0 Å². The fraction of sp³-hybridized carbons (Fsp3) is 0.310. The molecule has 3 rings (SSSR count). The van der Waals surface area contributed by atoms with Gasteiger partial charge in [0, 0.05) is 37.5 Å². The first-order valence-corrected chi connectivity index (χ1v) is 14.9. The molecular weight excluding hydrogens is 541 g/mol. The van der Waals surface area contributed by atoms with Crippen LogP contribution >= 0.6 is 11.6 Å². The van der Waals surface area contributed by atoms with E-state index in [0.717, 1.165) is 16.1 Å². The molecule has 39 heavy (non-hydrogen) atoms. The van der Waals surface area contributed by atoms with Gasteiger partial charge >= 0.3 is 0 Å². The van der Waals surface area contributed by atoms with Gasteiger partial charge in [-0.3, -0.25) is 13.9 Å². The molecule has 1 atom stereocenters. The highest BCUT2D eigenvalue weighted by Gasteiger charge is 2.31. The SMILES string of the molecule is CCNC(=O)[C@H](Cc1ccccc1)N(Cc1ccccc1Cl)C(=O)CCCN(c1ccccc1F)S(C)(=O)=O. The summed E-state index contributed by atoms with van der Waals surface area (Å²) in [6.07, 6.45) is 1.34. The van der Waals surface area contributed by atoms with Crippen LogP contribution in [0, 0.1) is 5.82 Å². The zero-order valence-corrected chi connectivity index (χ0v) is 23.6. The van der Waals surface area contributed by atoms with E-state index in [2.05, 4.69) is 5.32 Å². The molecule has 10 heteroatoms. The summed E-state index contributed by atoms with van der Waals surface area (Å²) in [5.74, 6) is -1.32. The van der Waals surface area contributed by atoms with Crippen LogP contribution in [-0.2, 0) is 32.6 Å². The number of likely N-dealkylation sites (N-methyl/N-ethyl adjacent to an activating group) is 1. The number of sulfonamides is 1. The van der Waals surface area contributed by atoms with Crippen LogP contribution in [0.5, 0.6) is 0 Å². The third-order valence-electron chi connectivity index (χ3n) is 6.19. The van der Waals surface area contributed by atoms with Crippen LogP contribution < -0.4 is 9.62 Å². The average Bonchev–Trinajstić information content (AvgIpc) is 2.90. The Balaban J connectivity index is 1.88. The number of rotatable bonds is 13. The zero-order chi connectivity index (χ0) is 28.4. The van der Waals surface area contributed by atoms with Crippen LogP contribution in [0.1, 0.15) is 30.9 Å². The van der Waals surface area contributed by atoms with Crippen molar-refractivity contribution in [3.8, 4) is 0 Å². The molecule has 0 bridgehead atoms. The highest BCUT2D eigenvalue weighted by molar-refractivity contribution is 7.92. The summed E-state index contributed by atoms with van der Waals surface area (Å²) in [4.78, 5) is 28.4. The summed E-state index contributed by atoms with van der Waals surface area (Å²) in [6, 6.07) is 21.3. The number of amides is 2. The fourth-order valence-corrected chi connectivity index (χ4v) is 5.45. The number of anilines is 1. The molecule has 0 aliphatic rings. The van der Waals surface area contributed by atoms with Crippen LogP contribution in [0.3, 0.4) is 0 Å². The molecule has 3 aromatic carbocycles. The molecule has 0 fully saturated rings. The minimum atomic E-state index is -3.80. The Morgan fingerprint density at radius 2 is 1.62 bits per heavy atom. The zero-order valence-electron chi connectivity index (χ0n) is 22.0. The molecule has 0 spiro atoms. The molecule has 0 radical (unpaired) electrons. The summed E-state index contributed by atoms with van der Waals surface area (Å²) in [6.45, 7) is 2.19. The number of halogens is 2. The molecular formula is C29H33ClFN3O4S. The molecule has 3 aromatic rings. The van der Waals surface area contributed by atoms with E-state index >= 15 is 0 Å². The topological polar surface area (TPSA) is 86.8 Å². The van der Waals surface area contributed by atoms with Crippen molar-refractivity contribution in [1.82, 2.24) is 10.2 Å². The van der Waals surface area contributed by atoms with Crippen LogP contribution in [0.15, 0.2) is 78.9 Å². The highest BCUT2D eigenvalue weighted by Crippen LogP contribution is 2.24. The van der Waals surface area contributed by atoms with E-state index in [4.69, 9.17) is 11.6 Å². The van der Waals surface area contributed by atoms with Crippen molar-refractivity contribution in [2.24, 2.45) is 0 Å². The maximum Gasteiger partial charge on any atom is 0.243 e. The Kier molecular flexibility index (Phi) is 10.9. The van der Waals surface area contributed by atoms with E-state index in [0.29, 0.717) is 17.1 Å². The van der Waals surface area contributed by atoms with Gasteiger partial charge in [-0.05, 0) is 42.7 Å². The van der Waals surface area contributed by atoms with Crippen LogP contribution in [-0.4, -0.2) is 50.5 Å². The molecule has 0 heterocycles. The number of nitrogens with zero attached hydrogens (tertiary/aromatic N) is 2. The Bertz CT molecular complexity index is 1370. The second-order valence-corrected chi connectivity index (χ2v) is 11.4. The van der Waals surface area contributed by atoms with Crippen molar-refractivity contribution >= 4 is 39.1 Å². The first-order valence-electron chi connectivity index (χ1n) is 12.7. The van der Waals surface area contributed by atoms with Gasteiger partial charge in [-0.2, -0.15) is 0 Å². The van der Waals surface area contributed by atoms with E-state index in [1.54, 1.807) is 37.3 Å². The van der Waals surface area contributed by atoms with E-state index in [1.807, 2.05) is 30.3 Å². The average molecular weight is 574 g/mol. The molecule has 2 amide bonds. The lowest BCUT2D eigenvalue weighted by molar-refractivity contribution is -0.141. The summed E-state index contributed by atoms with van der Waals surface area (Å²) >= 11 is 6.41. The lowest BCUT2D eigenvalue weighted by atomic mass is 10.0. The van der Waals surface area contributed by atoms with Gasteiger partial charge in [0.2, 0.25) is 21.8 Å². The summed E-state index contributed by atoms with van der Waals surface area (Å²) in [5.41, 5.74) is 1.48. The predicted molar refractivity (Wildman–Crippen MR) is 152 cm³/mol. The Morgan fingerprint density at radius 1 is 0.974 bits per heavy atom.